The van der Waals surface area contributed by atoms with E-state index in [1.807, 2.05) is 13.8 Å². The molecule has 34 heavy (non-hydrogen) atoms. The summed E-state index contributed by atoms with van der Waals surface area (Å²) in [6.07, 6.45) is 4.42. The van der Waals surface area contributed by atoms with Crippen LogP contribution >= 0.6 is 0 Å². The summed E-state index contributed by atoms with van der Waals surface area (Å²) >= 11 is 0. The molecule has 0 bridgehead atoms. The molecule has 0 unspecified atom stereocenters. The Morgan fingerprint density at radius 1 is 1.12 bits per heavy atom. The summed E-state index contributed by atoms with van der Waals surface area (Å²) in [5.41, 5.74) is 0.808. The molecule has 1 rings (SSSR count). The lowest BCUT2D eigenvalue weighted by atomic mass is 10.0. The zero-order valence-corrected chi connectivity index (χ0v) is 19.9. The van der Waals surface area contributed by atoms with Crippen molar-refractivity contribution in [3.05, 3.63) is 55.1 Å². The highest BCUT2D eigenvalue weighted by molar-refractivity contribution is 6.02. The first-order valence-electron chi connectivity index (χ1n) is 10.8. The highest BCUT2D eigenvalue weighted by Gasteiger charge is 2.28. The van der Waals surface area contributed by atoms with Crippen molar-refractivity contribution in [2.75, 3.05) is 13.7 Å². The lowest BCUT2D eigenvalue weighted by Gasteiger charge is -2.23. The Labute approximate surface area is 202 Å². The van der Waals surface area contributed by atoms with Crippen molar-refractivity contribution in [2.24, 2.45) is 10.9 Å². The fourth-order valence-corrected chi connectivity index (χ4v) is 2.99. The molecule has 2 amide bonds. The third-order valence-electron chi connectivity index (χ3n) is 4.65. The van der Waals surface area contributed by atoms with Crippen LogP contribution in [0.15, 0.2) is 54.6 Å². The molecule has 0 aliphatic carbocycles. The number of nitrogens with one attached hydrogen (secondary N) is 2. The molecular formula is C24H32BN3O6. The van der Waals surface area contributed by atoms with Crippen LogP contribution in [0.3, 0.4) is 0 Å². The van der Waals surface area contributed by atoms with E-state index >= 15 is 0 Å². The second-order valence-electron chi connectivity index (χ2n) is 7.79. The summed E-state index contributed by atoms with van der Waals surface area (Å²) < 4.78 is 14.5. The van der Waals surface area contributed by atoms with Gasteiger partial charge in [-0.1, -0.05) is 44.7 Å². The Morgan fingerprint density at radius 3 is 2.32 bits per heavy atom. The maximum atomic E-state index is 13.1. The average Bonchev–Trinajstić information content (AvgIpc) is 2.82. The molecule has 9 nitrogen and oxygen atoms in total. The molecule has 0 aromatic heterocycles. The number of rotatable bonds is 15. The largest absolute Gasteiger partial charge is 0.560 e. The maximum absolute atomic E-state index is 13.1. The highest BCUT2D eigenvalue weighted by atomic mass is 16.5. The predicted molar refractivity (Wildman–Crippen MR) is 130 cm³/mol. The number of ether oxygens (including phenoxy) is 2. The van der Waals surface area contributed by atoms with Gasteiger partial charge in [-0.05, 0) is 30.0 Å². The molecule has 0 aliphatic heterocycles. The lowest BCUT2D eigenvalue weighted by Crippen LogP contribution is -2.53. The smallest absolute Gasteiger partial charge is 0.375 e. The lowest BCUT2D eigenvalue weighted by molar-refractivity contribution is -0.144. The van der Waals surface area contributed by atoms with Crippen LogP contribution in [0.5, 0.6) is 5.75 Å². The molecule has 10 heteroatoms. The summed E-state index contributed by atoms with van der Waals surface area (Å²) in [5.74, 6) is -0.975. The number of nitrogens with zero attached hydrogens (tertiary/aromatic N) is 1. The molecular weight excluding hydrogens is 437 g/mol. The fourth-order valence-electron chi connectivity index (χ4n) is 2.99. The second kappa shape index (κ2) is 15.3. The molecule has 0 heterocycles. The number of carbonyl (C=O) groups is 3. The van der Waals surface area contributed by atoms with E-state index in [2.05, 4.69) is 38.2 Å². The first-order valence-corrected chi connectivity index (χ1v) is 10.8. The van der Waals surface area contributed by atoms with Gasteiger partial charge in [0.1, 0.15) is 30.5 Å². The standard InChI is InChI=1S/C24H32BN3O6/c1-6-12-33-18-10-8-17(9-11-18)14-20(26-15-34-25)22(29)28-21(13-16(3)4)23(30)27-19(7-2)24(31)32-5/h6-11,15-16,19-21H,1-2,12-14H2,3-5H3,(H,27,30)(H,28,29)/t19-,20-,21-/m0/s1. The molecule has 2 radical (unpaired) electrons. The third-order valence-corrected chi connectivity index (χ3v) is 4.65. The minimum Gasteiger partial charge on any atom is -0.560 e. The molecule has 0 saturated heterocycles. The van der Waals surface area contributed by atoms with Crippen molar-refractivity contribution in [3.63, 3.8) is 0 Å². The van der Waals surface area contributed by atoms with Gasteiger partial charge in [-0.15, -0.1) is 6.58 Å². The Balaban J connectivity index is 2.99. The molecule has 0 spiro atoms. The number of methoxy groups -OCH3 is 1. The van der Waals surface area contributed by atoms with Gasteiger partial charge in [0, 0.05) is 6.42 Å². The van der Waals surface area contributed by atoms with E-state index in [9.17, 15) is 14.4 Å². The van der Waals surface area contributed by atoms with Crippen LogP contribution in [0.2, 0.25) is 0 Å². The first kappa shape index (κ1) is 28.5. The molecule has 2 N–H and O–H groups in total. The van der Waals surface area contributed by atoms with E-state index in [0.717, 1.165) is 12.0 Å². The van der Waals surface area contributed by atoms with Crippen LogP contribution < -0.4 is 15.4 Å². The summed E-state index contributed by atoms with van der Waals surface area (Å²) in [4.78, 5) is 41.8. The summed E-state index contributed by atoms with van der Waals surface area (Å²) in [6.45, 7) is 11.3. The molecule has 0 fully saturated rings. The van der Waals surface area contributed by atoms with Gasteiger partial charge in [-0.2, -0.15) is 0 Å². The normalized spacial score (nSPS) is 13.4. The average molecular weight is 469 g/mol. The number of carbonyl (C=O) groups excluding carboxylic acids is 3. The van der Waals surface area contributed by atoms with Crippen molar-refractivity contribution >= 4 is 32.2 Å². The van der Waals surface area contributed by atoms with Gasteiger partial charge in [0.05, 0.1) is 7.11 Å². The SMILES string of the molecule is [B]OC=N[C@@H](Cc1ccc(OCC=C)cc1)C(=O)N[C@@H](CC(C)C)C(=O)N[C@@H](C=C)C(=O)OC. The topological polar surface area (TPSA) is 115 Å². The van der Waals surface area contributed by atoms with E-state index in [1.165, 1.54) is 13.2 Å². The second-order valence-corrected chi connectivity index (χ2v) is 7.79. The van der Waals surface area contributed by atoms with Crippen LogP contribution in [0, 0.1) is 5.92 Å². The quantitative estimate of drug-likeness (QED) is 0.133. The predicted octanol–water partition coefficient (Wildman–Crippen LogP) is 1.67. The Hall–Kier alpha value is -3.56. The highest BCUT2D eigenvalue weighted by Crippen LogP contribution is 2.15. The molecule has 1 aromatic carbocycles. The van der Waals surface area contributed by atoms with Gasteiger partial charge >= 0.3 is 14.0 Å². The fraction of sp³-hybridized carbons (Fsp3) is 0.417. The van der Waals surface area contributed by atoms with Gasteiger partial charge in [0.15, 0.2) is 6.40 Å². The summed E-state index contributed by atoms with van der Waals surface area (Å²) in [5, 5.41) is 5.25. The maximum Gasteiger partial charge on any atom is 0.375 e. The van der Waals surface area contributed by atoms with Crippen LogP contribution in [0.25, 0.3) is 0 Å². The van der Waals surface area contributed by atoms with Crippen LogP contribution in [-0.4, -0.2) is 64.1 Å². The summed E-state index contributed by atoms with van der Waals surface area (Å²) in [7, 11) is 6.25. The number of benzene rings is 1. The molecule has 1 aromatic rings. The van der Waals surface area contributed by atoms with Crippen molar-refractivity contribution in [3.8, 4) is 5.75 Å². The van der Waals surface area contributed by atoms with E-state index in [0.29, 0.717) is 18.8 Å². The van der Waals surface area contributed by atoms with Crippen molar-refractivity contribution < 1.29 is 28.5 Å². The first-order chi connectivity index (χ1) is 16.2. The number of aliphatic imine (C=N–C) groups is 1. The van der Waals surface area contributed by atoms with Crippen LogP contribution in [0.1, 0.15) is 25.8 Å². The number of amides is 2. The van der Waals surface area contributed by atoms with Gasteiger partial charge in [0.25, 0.3) is 0 Å². The van der Waals surface area contributed by atoms with E-state index in [4.69, 9.17) is 12.8 Å². The number of esters is 1. The Morgan fingerprint density at radius 2 is 1.79 bits per heavy atom. The van der Waals surface area contributed by atoms with E-state index in [-0.39, 0.29) is 12.3 Å². The molecule has 3 atom stereocenters. The molecule has 182 valence electrons. The van der Waals surface area contributed by atoms with Crippen molar-refractivity contribution in [1.82, 2.24) is 10.6 Å². The zero-order valence-electron chi connectivity index (χ0n) is 19.9. The molecule has 0 aliphatic rings. The van der Waals surface area contributed by atoms with E-state index in [1.54, 1.807) is 30.3 Å². The molecule has 0 saturated carbocycles. The van der Waals surface area contributed by atoms with Crippen molar-refractivity contribution in [2.45, 2.75) is 44.8 Å². The number of hydrogen-bond acceptors (Lipinski definition) is 7. The van der Waals surface area contributed by atoms with E-state index < -0.39 is 35.9 Å². The monoisotopic (exact) mass is 469 g/mol. The third kappa shape index (κ3) is 9.93. The van der Waals surface area contributed by atoms with Crippen molar-refractivity contribution in [1.29, 1.82) is 0 Å². The minimum atomic E-state index is -1.04. The van der Waals surface area contributed by atoms with Gasteiger partial charge in [-0.3, -0.25) is 9.59 Å². The summed E-state index contributed by atoms with van der Waals surface area (Å²) in [6, 6.07) is 4.29. The number of hydrogen-bond donors (Lipinski definition) is 2. The van der Waals surface area contributed by atoms with Gasteiger partial charge in [-0.25, -0.2) is 9.79 Å². The minimum absolute atomic E-state index is 0.0776. The van der Waals surface area contributed by atoms with Crippen LogP contribution in [0.4, 0.5) is 0 Å². The van der Waals surface area contributed by atoms with Gasteiger partial charge in [0.2, 0.25) is 11.8 Å². The Bertz CT molecular complexity index is 857. The zero-order chi connectivity index (χ0) is 25.5. The Kier molecular flexibility index (Phi) is 12.8. The van der Waals surface area contributed by atoms with Crippen LogP contribution in [-0.2, 0) is 30.2 Å². The van der Waals surface area contributed by atoms with Gasteiger partial charge < -0.3 is 24.8 Å².